The Morgan fingerprint density at radius 2 is 2.42 bits per heavy atom. The molecule has 2 rings (SSSR count). The van der Waals surface area contributed by atoms with E-state index < -0.39 is 6.10 Å². The van der Waals surface area contributed by atoms with E-state index in [1.165, 1.54) is 0 Å². The van der Waals surface area contributed by atoms with Gasteiger partial charge in [0.2, 0.25) is 0 Å². The standard InChI is InChI=1S/C9H11NO2/c1-6(11)7-2-3-9-8(10-7)4-5-12-9/h2-3,6,11H,4-5H2,1H3. The van der Waals surface area contributed by atoms with Gasteiger partial charge in [-0.2, -0.15) is 0 Å². The molecule has 1 aromatic heterocycles. The van der Waals surface area contributed by atoms with Gasteiger partial charge in [0.25, 0.3) is 0 Å². The molecule has 0 radical (unpaired) electrons. The fourth-order valence-electron chi connectivity index (χ4n) is 1.31. The van der Waals surface area contributed by atoms with E-state index in [1.54, 1.807) is 13.0 Å². The maximum Gasteiger partial charge on any atom is 0.140 e. The third kappa shape index (κ3) is 1.16. The number of nitrogens with zero attached hydrogens (tertiary/aromatic N) is 1. The predicted octanol–water partition coefficient (Wildman–Crippen LogP) is 1.07. The lowest BCUT2D eigenvalue weighted by Gasteiger charge is -2.04. The Morgan fingerprint density at radius 1 is 1.58 bits per heavy atom. The summed E-state index contributed by atoms with van der Waals surface area (Å²) >= 11 is 0. The predicted molar refractivity (Wildman–Crippen MR) is 44.1 cm³/mol. The molecule has 1 aromatic rings. The van der Waals surface area contributed by atoms with Crippen molar-refractivity contribution in [3.05, 3.63) is 23.5 Å². The molecule has 3 heteroatoms. The number of aliphatic hydroxyl groups is 1. The zero-order chi connectivity index (χ0) is 8.55. The van der Waals surface area contributed by atoms with Gasteiger partial charge in [-0.3, -0.25) is 4.98 Å². The van der Waals surface area contributed by atoms with Gasteiger partial charge >= 0.3 is 0 Å². The number of fused-ring (bicyclic) bond motifs is 1. The van der Waals surface area contributed by atoms with Crippen molar-refractivity contribution in [3.63, 3.8) is 0 Å². The molecule has 0 amide bonds. The Kier molecular flexibility index (Phi) is 1.73. The van der Waals surface area contributed by atoms with Crippen molar-refractivity contribution in [1.82, 2.24) is 4.98 Å². The highest BCUT2D eigenvalue weighted by atomic mass is 16.5. The number of pyridine rings is 1. The summed E-state index contributed by atoms with van der Waals surface area (Å²) in [5.41, 5.74) is 1.69. The third-order valence-electron chi connectivity index (χ3n) is 1.98. The Labute approximate surface area is 71.0 Å². The molecule has 0 spiro atoms. The first-order valence-corrected chi connectivity index (χ1v) is 4.08. The van der Waals surface area contributed by atoms with Crippen LogP contribution in [0, 0.1) is 0 Å². The first kappa shape index (κ1) is 7.55. The van der Waals surface area contributed by atoms with Crippen molar-refractivity contribution in [2.75, 3.05) is 6.61 Å². The van der Waals surface area contributed by atoms with Gasteiger partial charge in [-0.05, 0) is 19.1 Å². The molecule has 1 N–H and O–H groups in total. The molecule has 64 valence electrons. The smallest absolute Gasteiger partial charge is 0.140 e. The SMILES string of the molecule is CC(O)c1ccc2c(n1)CCO2. The largest absolute Gasteiger partial charge is 0.491 e. The monoisotopic (exact) mass is 165 g/mol. The summed E-state index contributed by atoms with van der Waals surface area (Å²) in [7, 11) is 0. The van der Waals surface area contributed by atoms with Crippen molar-refractivity contribution in [2.45, 2.75) is 19.4 Å². The number of ether oxygens (including phenoxy) is 1. The van der Waals surface area contributed by atoms with Crippen molar-refractivity contribution in [2.24, 2.45) is 0 Å². The molecule has 2 heterocycles. The first-order chi connectivity index (χ1) is 5.77. The van der Waals surface area contributed by atoms with E-state index in [4.69, 9.17) is 4.74 Å². The van der Waals surface area contributed by atoms with Crippen LogP contribution in [0.3, 0.4) is 0 Å². The highest BCUT2D eigenvalue weighted by molar-refractivity contribution is 5.32. The van der Waals surface area contributed by atoms with Crippen molar-refractivity contribution >= 4 is 0 Å². The summed E-state index contributed by atoms with van der Waals surface area (Å²) in [4.78, 5) is 4.28. The molecule has 1 aliphatic heterocycles. The molecule has 0 aromatic carbocycles. The lowest BCUT2D eigenvalue weighted by Crippen LogP contribution is -1.97. The molecule has 0 fully saturated rings. The van der Waals surface area contributed by atoms with E-state index in [0.717, 1.165) is 23.6 Å². The summed E-state index contributed by atoms with van der Waals surface area (Å²) in [6.07, 6.45) is 0.367. The van der Waals surface area contributed by atoms with Gasteiger partial charge in [0.15, 0.2) is 0 Å². The Balaban J connectivity index is 2.39. The second kappa shape index (κ2) is 2.75. The van der Waals surface area contributed by atoms with Crippen molar-refractivity contribution < 1.29 is 9.84 Å². The molecular formula is C9H11NO2. The molecule has 0 saturated heterocycles. The number of hydrogen-bond donors (Lipinski definition) is 1. The molecule has 0 aliphatic carbocycles. The number of aromatic nitrogens is 1. The molecule has 12 heavy (non-hydrogen) atoms. The average molecular weight is 165 g/mol. The van der Waals surface area contributed by atoms with Crippen LogP contribution in [0.2, 0.25) is 0 Å². The van der Waals surface area contributed by atoms with Crippen LogP contribution in [0.1, 0.15) is 24.4 Å². The van der Waals surface area contributed by atoms with E-state index in [-0.39, 0.29) is 0 Å². The fraction of sp³-hybridized carbons (Fsp3) is 0.444. The third-order valence-corrected chi connectivity index (χ3v) is 1.98. The maximum atomic E-state index is 9.25. The van der Waals surface area contributed by atoms with Crippen LogP contribution in [0.5, 0.6) is 5.75 Å². The average Bonchev–Trinajstić information content (AvgIpc) is 2.49. The molecular weight excluding hydrogens is 154 g/mol. The van der Waals surface area contributed by atoms with Crippen LogP contribution < -0.4 is 4.74 Å². The van der Waals surface area contributed by atoms with Crippen LogP contribution >= 0.6 is 0 Å². The lowest BCUT2D eigenvalue weighted by molar-refractivity contribution is 0.194. The Bertz CT molecular complexity index is 297. The van der Waals surface area contributed by atoms with Crippen molar-refractivity contribution in [1.29, 1.82) is 0 Å². The minimum atomic E-state index is -0.490. The summed E-state index contributed by atoms with van der Waals surface area (Å²) < 4.78 is 5.29. The summed E-state index contributed by atoms with van der Waals surface area (Å²) in [5, 5.41) is 9.25. The van der Waals surface area contributed by atoms with Gasteiger partial charge in [0.1, 0.15) is 5.75 Å². The quantitative estimate of drug-likeness (QED) is 0.676. The van der Waals surface area contributed by atoms with Crippen LogP contribution in [0.4, 0.5) is 0 Å². The molecule has 3 nitrogen and oxygen atoms in total. The van der Waals surface area contributed by atoms with Gasteiger partial charge in [0.05, 0.1) is 24.1 Å². The summed E-state index contributed by atoms with van der Waals surface area (Å²) in [5.74, 6) is 0.861. The van der Waals surface area contributed by atoms with Gasteiger partial charge in [0, 0.05) is 6.42 Å². The molecule has 1 unspecified atom stereocenters. The van der Waals surface area contributed by atoms with E-state index in [0.29, 0.717) is 6.61 Å². The lowest BCUT2D eigenvalue weighted by atomic mass is 10.2. The normalized spacial score (nSPS) is 16.8. The summed E-state index contributed by atoms with van der Waals surface area (Å²) in [6.45, 7) is 2.43. The number of hydrogen-bond acceptors (Lipinski definition) is 3. The zero-order valence-corrected chi connectivity index (χ0v) is 6.95. The van der Waals surface area contributed by atoms with Gasteiger partial charge in [-0.25, -0.2) is 0 Å². The van der Waals surface area contributed by atoms with Crippen LogP contribution in [0.25, 0.3) is 0 Å². The van der Waals surface area contributed by atoms with E-state index in [1.807, 2.05) is 6.07 Å². The van der Waals surface area contributed by atoms with E-state index in [9.17, 15) is 5.11 Å². The van der Waals surface area contributed by atoms with Gasteiger partial charge in [-0.15, -0.1) is 0 Å². The molecule has 0 bridgehead atoms. The summed E-state index contributed by atoms with van der Waals surface area (Å²) in [6, 6.07) is 3.67. The highest BCUT2D eigenvalue weighted by Crippen LogP contribution is 2.24. The highest BCUT2D eigenvalue weighted by Gasteiger charge is 2.14. The molecule has 1 atom stereocenters. The number of rotatable bonds is 1. The first-order valence-electron chi connectivity index (χ1n) is 4.08. The van der Waals surface area contributed by atoms with Gasteiger partial charge < -0.3 is 9.84 Å². The fourth-order valence-corrected chi connectivity index (χ4v) is 1.31. The second-order valence-corrected chi connectivity index (χ2v) is 2.96. The Hall–Kier alpha value is -1.09. The van der Waals surface area contributed by atoms with Crippen LogP contribution in [-0.2, 0) is 6.42 Å². The molecule has 1 aliphatic rings. The number of aliphatic hydroxyl groups excluding tert-OH is 1. The Morgan fingerprint density at radius 3 is 3.17 bits per heavy atom. The van der Waals surface area contributed by atoms with Crippen LogP contribution in [0.15, 0.2) is 12.1 Å². The van der Waals surface area contributed by atoms with Gasteiger partial charge in [-0.1, -0.05) is 0 Å². The van der Waals surface area contributed by atoms with E-state index >= 15 is 0 Å². The van der Waals surface area contributed by atoms with Crippen LogP contribution in [-0.4, -0.2) is 16.7 Å². The molecule has 0 saturated carbocycles. The zero-order valence-electron chi connectivity index (χ0n) is 6.95. The van der Waals surface area contributed by atoms with E-state index in [2.05, 4.69) is 4.98 Å². The minimum Gasteiger partial charge on any atom is -0.491 e. The topological polar surface area (TPSA) is 42.4 Å². The second-order valence-electron chi connectivity index (χ2n) is 2.96. The minimum absolute atomic E-state index is 0.490. The van der Waals surface area contributed by atoms with Crippen molar-refractivity contribution in [3.8, 4) is 5.75 Å². The maximum absolute atomic E-state index is 9.25.